The Morgan fingerprint density at radius 1 is 1.00 bits per heavy atom. The van der Waals surface area contributed by atoms with E-state index < -0.39 is 23.5 Å². The van der Waals surface area contributed by atoms with E-state index in [0.717, 1.165) is 22.5 Å². The quantitative estimate of drug-likeness (QED) is 0.0949. The van der Waals surface area contributed by atoms with Crippen molar-refractivity contribution < 1.29 is 29.0 Å². The molecule has 0 spiro atoms. The van der Waals surface area contributed by atoms with Crippen LogP contribution < -0.4 is 14.4 Å². The summed E-state index contributed by atoms with van der Waals surface area (Å²) in [4.78, 5) is 50.6. The molecule has 1 N–H and O–H groups in total. The van der Waals surface area contributed by atoms with Gasteiger partial charge in [-0.05, 0) is 55.7 Å². The first-order valence-corrected chi connectivity index (χ1v) is 15.0. The maximum absolute atomic E-state index is 13.8. The van der Waals surface area contributed by atoms with Crippen LogP contribution in [0.2, 0.25) is 0 Å². The number of rotatable bonds is 8. The standard InChI is InChI=1S/C34H30N4O6S/c1-18-10-9-15-37-20(3)27(36-32(18)37)29(40)26-28(38(33(42)30(26)41)34-35-19(2)31(45-34)21(4)39)23-13-14-24(25(16-23)43-5)44-17-22-11-7-6-8-12-22/h6-16,28,40H,17H2,1-5H3. The van der Waals surface area contributed by atoms with Crippen molar-refractivity contribution in [3.63, 3.8) is 0 Å². The monoisotopic (exact) mass is 622 g/mol. The normalized spacial score (nSPS) is 16.0. The summed E-state index contributed by atoms with van der Waals surface area (Å²) in [6.45, 7) is 7.07. The Labute approximate surface area is 263 Å². The number of nitrogens with zero attached hydrogens (tertiary/aromatic N) is 4. The van der Waals surface area contributed by atoms with Crippen molar-refractivity contribution in [3.8, 4) is 11.5 Å². The molecule has 0 aliphatic carbocycles. The average molecular weight is 623 g/mol. The lowest BCUT2D eigenvalue weighted by Crippen LogP contribution is -2.29. The Morgan fingerprint density at radius 3 is 2.42 bits per heavy atom. The summed E-state index contributed by atoms with van der Waals surface area (Å²) < 4.78 is 13.5. The molecule has 11 heteroatoms. The van der Waals surface area contributed by atoms with Crippen molar-refractivity contribution in [3.05, 3.63) is 111 Å². The van der Waals surface area contributed by atoms with Crippen LogP contribution in [0, 0.1) is 20.8 Å². The number of ether oxygens (including phenoxy) is 2. The van der Waals surface area contributed by atoms with Crippen LogP contribution >= 0.6 is 11.3 Å². The van der Waals surface area contributed by atoms with Gasteiger partial charge in [0.2, 0.25) is 0 Å². The third kappa shape index (κ3) is 5.14. The highest BCUT2D eigenvalue weighted by molar-refractivity contribution is 7.18. The molecule has 1 aliphatic heterocycles. The first-order valence-electron chi connectivity index (χ1n) is 14.2. The van der Waals surface area contributed by atoms with Crippen molar-refractivity contribution in [1.29, 1.82) is 0 Å². The summed E-state index contributed by atoms with van der Waals surface area (Å²) in [5, 5.41) is 12.0. The molecule has 1 fully saturated rings. The highest BCUT2D eigenvalue weighted by Gasteiger charge is 2.49. The predicted molar refractivity (Wildman–Crippen MR) is 170 cm³/mol. The summed E-state index contributed by atoms with van der Waals surface area (Å²) in [7, 11) is 1.50. The number of hydrogen-bond acceptors (Lipinski definition) is 9. The van der Waals surface area contributed by atoms with Gasteiger partial charge in [0.1, 0.15) is 17.9 Å². The fourth-order valence-electron chi connectivity index (χ4n) is 5.54. The zero-order valence-corrected chi connectivity index (χ0v) is 26.1. The molecular formula is C34H30N4O6S. The number of hydrogen-bond donors (Lipinski definition) is 1. The van der Waals surface area contributed by atoms with Gasteiger partial charge in [0.25, 0.3) is 5.78 Å². The van der Waals surface area contributed by atoms with Gasteiger partial charge in [-0.3, -0.25) is 19.3 Å². The van der Waals surface area contributed by atoms with E-state index in [-0.39, 0.29) is 22.2 Å². The number of aromatic nitrogens is 3. The van der Waals surface area contributed by atoms with Crippen molar-refractivity contribution in [2.75, 3.05) is 12.0 Å². The van der Waals surface area contributed by atoms with Crippen LogP contribution in [0.15, 0.2) is 72.4 Å². The van der Waals surface area contributed by atoms with Gasteiger partial charge in [0, 0.05) is 13.1 Å². The average Bonchev–Trinajstić information content (AvgIpc) is 3.67. The molecule has 1 saturated heterocycles. The number of thiazole rings is 1. The van der Waals surface area contributed by atoms with Crippen molar-refractivity contribution in [2.45, 2.75) is 40.3 Å². The molecule has 228 valence electrons. The van der Waals surface area contributed by atoms with Crippen LogP contribution in [-0.4, -0.2) is 44.1 Å². The van der Waals surface area contributed by atoms with E-state index in [4.69, 9.17) is 9.47 Å². The summed E-state index contributed by atoms with van der Waals surface area (Å²) in [5.74, 6) is -1.57. The number of fused-ring (bicyclic) bond motifs is 1. The van der Waals surface area contributed by atoms with Gasteiger partial charge in [-0.2, -0.15) is 0 Å². The molecular weight excluding hydrogens is 592 g/mol. The lowest BCUT2D eigenvalue weighted by molar-refractivity contribution is -0.132. The largest absolute Gasteiger partial charge is 0.505 e. The van der Waals surface area contributed by atoms with Gasteiger partial charge >= 0.3 is 5.91 Å². The zero-order valence-electron chi connectivity index (χ0n) is 25.3. The summed E-state index contributed by atoms with van der Waals surface area (Å²) in [5.41, 5.74) is 4.00. The molecule has 1 amide bonds. The third-order valence-corrected chi connectivity index (χ3v) is 9.06. The second-order valence-electron chi connectivity index (χ2n) is 10.8. The van der Waals surface area contributed by atoms with Crippen molar-refractivity contribution in [2.24, 2.45) is 0 Å². The Bertz CT molecular complexity index is 2030. The van der Waals surface area contributed by atoms with Gasteiger partial charge in [0.15, 0.2) is 28.2 Å². The topological polar surface area (TPSA) is 123 Å². The van der Waals surface area contributed by atoms with Gasteiger partial charge in [-0.25, -0.2) is 9.97 Å². The van der Waals surface area contributed by atoms with E-state index in [1.54, 1.807) is 32.0 Å². The molecule has 0 bridgehead atoms. The number of aryl methyl sites for hydroxylation is 3. The fourth-order valence-corrected chi connectivity index (χ4v) is 6.53. The van der Waals surface area contributed by atoms with E-state index in [2.05, 4.69) is 9.97 Å². The lowest BCUT2D eigenvalue weighted by atomic mass is 9.96. The minimum atomic E-state index is -1.10. The van der Waals surface area contributed by atoms with Crippen molar-refractivity contribution >= 4 is 45.3 Å². The number of Topliss-reactive ketones (excluding diaryl/α,β-unsaturated/α-hetero) is 2. The number of ketones is 2. The number of anilines is 1. The number of pyridine rings is 1. The number of imidazole rings is 1. The zero-order chi connectivity index (χ0) is 32.0. The van der Waals surface area contributed by atoms with E-state index in [9.17, 15) is 19.5 Å². The van der Waals surface area contributed by atoms with Crippen LogP contribution in [0.1, 0.15) is 56.4 Å². The van der Waals surface area contributed by atoms with Crippen LogP contribution in [0.25, 0.3) is 11.4 Å². The lowest BCUT2D eigenvalue weighted by Gasteiger charge is -2.24. The minimum absolute atomic E-state index is 0.151. The first-order chi connectivity index (χ1) is 21.6. The van der Waals surface area contributed by atoms with E-state index in [1.165, 1.54) is 18.9 Å². The Hall–Kier alpha value is -5.29. The fraction of sp³-hybridized carbons (Fsp3) is 0.206. The SMILES string of the molecule is COc1cc(C2C(=C(O)c3nc4c(C)cccn4c3C)C(=O)C(=O)N2c2nc(C)c(C(C)=O)s2)ccc1OCc1ccccc1. The molecule has 1 unspecified atom stereocenters. The van der Waals surface area contributed by atoms with Gasteiger partial charge in [-0.1, -0.05) is 53.8 Å². The summed E-state index contributed by atoms with van der Waals surface area (Å²) in [6, 6.07) is 17.4. The van der Waals surface area contributed by atoms with Crippen LogP contribution in [-0.2, 0) is 16.2 Å². The maximum Gasteiger partial charge on any atom is 0.301 e. The number of aliphatic hydroxyl groups is 1. The van der Waals surface area contributed by atoms with Crippen LogP contribution in [0.4, 0.5) is 5.13 Å². The van der Waals surface area contributed by atoms with Gasteiger partial charge < -0.3 is 19.0 Å². The molecule has 45 heavy (non-hydrogen) atoms. The second-order valence-corrected chi connectivity index (χ2v) is 11.7. The minimum Gasteiger partial charge on any atom is -0.505 e. The molecule has 1 aliphatic rings. The summed E-state index contributed by atoms with van der Waals surface area (Å²) >= 11 is 1.02. The molecule has 10 nitrogen and oxygen atoms in total. The molecule has 3 aromatic heterocycles. The molecule has 5 aromatic rings. The van der Waals surface area contributed by atoms with Crippen LogP contribution in [0.3, 0.4) is 0 Å². The predicted octanol–water partition coefficient (Wildman–Crippen LogP) is 6.13. The van der Waals surface area contributed by atoms with E-state index in [0.29, 0.717) is 45.6 Å². The number of carbonyl (C=O) groups is 3. The second kappa shape index (κ2) is 11.7. The Balaban J connectivity index is 1.52. The molecule has 0 saturated carbocycles. The molecule has 2 aromatic carbocycles. The van der Waals surface area contributed by atoms with Gasteiger partial charge in [-0.15, -0.1) is 0 Å². The summed E-state index contributed by atoms with van der Waals surface area (Å²) in [6.07, 6.45) is 1.82. The molecule has 1 atom stereocenters. The van der Waals surface area contributed by atoms with Crippen LogP contribution in [0.5, 0.6) is 11.5 Å². The highest BCUT2D eigenvalue weighted by Crippen LogP contribution is 2.46. The molecule has 4 heterocycles. The number of aliphatic hydroxyl groups excluding tert-OH is 1. The van der Waals surface area contributed by atoms with Crippen molar-refractivity contribution in [1.82, 2.24) is 14.4 Å². The number of amides is 1. The number of carbonyl (C=O) groups excluding carboxylic acids is 3. The van der Waals surface area contributed by atoms with E-state index >= 15 is 0 Å². The molecule has 0 radical (unpaired) electrons. The Morgan fingerprint density at radius 2 is 1.76 bits per heavy atom. The molecule has 6 rings (SSSR count). The van der Waals surface area contributed by atoms with Gasteiger partial charge in [0.05, 0.1) is 35.0 Å². The first kappa shape index (κ1) is 29.8. The Kier molecular flexibility index (Phi) is 7.71. The number of methoxy groups -OCH3 is 1. The number of benzene rings is 2. The highest BCUT2D eigenvalue weighted by atomic mass is 32.1. The maximum atomic E-state index is 13.8. The van der Waals surface area contributed by atoms with E-state index in [1.807, 2.05) is 60.0 Å². The smallest absolute Gasteiger partial charge is 0.301 e. The third-order valence-electron chi connectivity index (χ3n) is 7.80.